The van der Waals surface area contributed by atoms with Crippen molar-refractivity contribution < 1.29 is 0 Å². The summed E-state index contributed by atoms with van der Waals surface area (Å²) in [6, 6.07) is 12.3. The molecule has 5 nitrogen and oxygen atoms in total. The van der Waals surface area contributed by atoms with Crippen LogP contribution in [0.15, 0.2) is 47.1 Å². The number of aromatic nitrogens is 3. The highest BCUT2D eigenvalue weighted by Crippen LogP contribution is 2.28. The second-order valence-corrected chi connectivity index (χ2v) is 5.93. The molecule has 0 fully saturated rings. The molecule has 3 aromatic rings. The monoisotopic (exact) mass is 343 g/mol. The van der Waals surface area contributed by atoms with Crippen LogP contribution in [0.25, 0.3) is 5.65 Å². The predicted molar refractivity (Wildman–Crippen MR) is 85.8 cm³/mol. The molecule has 0 radical (unpaired) electrons. The topological polar surface area (TPSA) is 45.5 Å². The summed E-state index contributed by atoms with van der Waals surface area (Å²) in [5.41, 5.74) is 3.30. The SMILES string of the molecule is Brc1ccc2nc(N3CCNCc4ccccc43)nn2c1. The summed E-state index contributed by atoms with van der Waals surface area (Å²) in [4.78, 5) is 6.82. The molecule has 0 saturated carbocycles. The number of fused-ring (bicyclic) bond motifs is 2. The quantitative estimate of drug-likeness (QED) is 0.737. The number of benzene rings is 1. The Hall–Kier alpha value is -1.92. The Morgan fingerprint density at radius 1 is 1.14 bits per heavy atom. The molecule has 1 aliphatic heterocycles. The van der Waals surface area contributed by atoms with Crippen LogP contribution < -0.4 is 10.2 Å². The van der Waals surface area contributed by atoms with E-state index < -0.39 is 0 Å². The Morgan fingerprint density at radius 2 is 2.05 bits per heavy atom. The van der Waals surface area contributed by atoms with Crippen molar-refractivity contribution in [1.82, 2.24) is 19.9 Å². The lowest BCUT2D eigenvalue weighted by Gasteiger charge is -2.20. The first-order chi connectivity index (χ1) is 10.3. The van der Waals surface area contributed by atoms with Crippen LogP contribution in [0.4, 0.5) is 11.6 Å². The van der Waals surface area contributed by atoms with Crippen molar-refractivity contribution in [3.63, 3.8) is 0 Å². The van der Waals surface area contributed by atoms with Crippen LogP contribution in [0, 0.1) is 0 Å². The van der Waals surface area contributed by atoms with E-state index in [0.29, 0.717) is 0 Å². The maximum Gasteiger partial charge on any atom is 0.250 e. The van der Waals surface area contributed by atoms with Crippen molar-refractivity contribution in [3.05, 3.63) is 52.6 Å². The number of hydrogen-bond acceptors (Lipinski definition) is 4. The fraction of sp³-hybridized carbons (Fsp3) is 0.200. The first-order valence-electron chi connectivity index (χ1n) is 6.89. The molecule has 0 amide bonds. The molecule has 0 bridgehead atoms. The van der Waals surface area contributed by atoms with Crippen molar-refractivity contribution in [1.29, 1.82) is 0 Å². The second kappa shape index (κ2) is 5.13. The first kappa shape index (κ1) is 12.8. The molecule has 2 aromatic heterocycles. The summed E-state index contributed by atoms with van der Waals surface area (Å²) >= 11 is 3.46. The molecule has 3 heterocycles. The Morgan fingerprint density at radius 3 is 3.00 bits per heavy atom. The van der Waals surface area contributed by atoms with Gasteiger partial charge in [0.15, 0.2) is 5.65 Å². The smallest absolute Gasteiger partial charge is 0.250 e. The first-order valence-corrected chi connectivity index (χ1v) is 7.69. The van der Waals surface area contributed by atoms with Crippen molar-refractivity contribution in [2.24, 2.45) is 0 Å². The predicted octanol–water partition coefficient (Wildman–Crippen LogP) is 2.73. The van der Waals surface area contributed by atoms with Crippen LogP contribution >= 0.6 is 15.9 Å². The summed E-state index contributed by atoms with van der Waals surface area (Å²) in [7, 11) is 0. The molecule has 6 heteroatoms. The standard InChI is InChI=1S/C15H14BrN5/c16-12-5-6-14-18-15(19-21(14)10-12)20-8-7-17-9-11-3-1-2-4-13(11)20/h1-6,10,17H,7-9H2. The van der Waals surface area contributed by atoms with E-state index in [9.17, 15) is 0 Å². The van der Waals surface area contributed by atoms with Crippen molar-refractivity contribution in [3.8, 4) is 0 Å². The van der Waals surface area contributed by atoms with Crippen LogP contribution in [0.1, 0.15) is 5.56 Å². The molecule has 1 aliphatic rings. The van der Waals surface area contributed by atoms with E-state index >= 15 is 0 Å². The summed E-state index contributed by atoms with van der Waals surface area (Å²) in [6.07, 6.45) is 1.92. The minimum Gasteiger partial charge on any atom is -0.311 e. The van der Waals surface area contributed by atoms with Crippen molar-refractivity contribution in [2.75, 3.05) is 18.0 Å². The molecular formula is C15H14BrN5. The van der Waals surface area contributed by atoms with E-state index in [4.69, 9.17) is 0 Å². The average Bonchev–Trinajstić information content (AvgIpc) is 2.78. The number of nitrogens with zero attached hydrogens (tertiary/aromatic N) is 4. The zero-order chi connectivity index (χ0) is 14.2. The molecule has 0 saturated heterocycles. The molecular weight excluding hydrogens is 330 g/mol. The van der Waals surface area contributed by atoms with Crippen LogP contribution in [0.2, 0.25) is 0 Å². The number of nitrogens with one attached hydrogen (secondary N) is 1. The van der Waals surface area contributed by atoms with Crippen molar-refractivity contribution in [2.45, 2.75) is 6.54 Å². The Bertz CT molecular complexity index is 798. The van der Waals surface area contributed by atoms with E-state index in [2.05, 4.69) is 60.5 Å². The molecule has 21 heavy (non-hydrogen) atoms. The van der Waals surface area contributed by atoms with Gasteiger partial charge in [0, 0.05) is 36.0 Å². The fourth-order valence-electron chi connectivity index (χ4n) is 2.63. The number of para-hydroxylation sites is 1. The number of rotatable bonds is 1. The number of pyridine rings is 1. The molecule has 1 aromatic carbocycles. The second-order valence-electron chi connectivity index (χ2n) is 5.02. The summed E-state index contributed by atoms with van der Waals surface area (Å²) in [5, 5.41) is 8.05. The van der Waals surface area contributed by atoms with Gasteiger partial charge >= 0.3 is 0 Å². The van der Waals surface area contributed by atoms with Gasteiger partial charge in [0.05, 0.1) is 0 Å². The summed E-state index contributed by atoms with van der Waals surface area (Å²) in [6.45, 7) is 2.65. The number of halogens is 1. The maximum atomic E-state index is 4.65. The molecule has 106 valence electrons. The fourth-order valence-corrected chi connectivity index (χ4v) is 2.95. The Labute approximate surface area is 130 Å². The van der Waals surface area contributed by atoms with Crippen LogP contribution in [-0.2, 0) is 6.54 Å². The molecule has 0 atom stereocenters. The third-order valence-electron chi connectivity index (χ3n) is 3.64. The minimum atomic E-state index is 0.740. The van der Waals surface area contributed by atoms with Gasteiger partial charge in [0.2, 0.25) is 5.95 Å². The van der Waals surface area contributed by atoms with E-state index in [-0.39, 0.29) is 0 Å². The third-order valence-corrected chi connectivity index (χ3v) is 4.10. The van der Waals surface area contributed by atoms with Gasteiger partial charge in [-0.1, -0.05) is 18.2 Å². The molecule has 1 N–H and O–H groups in total. The Balaban J connectivity index is 1.84. The van der Waals surface area contributed by atoms with E-state index in [1.54, 1.807) is 4.52 Å². The van der Waals surface area contributed by atoms with Gasteiger partial charge in [-0.15, -0.1) is 5.10 Å². The normalized spacial score (nSPS) is 15.0. The van der Waals surface area contributed by atoms with Crippen LogP contribution in [-0.4, -0.2) is 27.7 Å². The van der Waals surface area contributed by atoms with Gasteiger partial charge in [0.1, 0.15) is 0 Å². The maximum absolute atomic E-state index is 4.65. The minimum absolute atomic E-state index is 0.740. The lowest BCUT2D eigenvalue weighted by atomic mass is 10.1. The zero-order valence-electron chi connectivity index (χ0n) is 11.3. The number of hydrogen-bond donors (Lipinski definition) is 1. The molecule has 0 spiro atoms. The summed E-state index contributed by atoms with van der Waals surface area (Å²) < 4.78 is 2.80. The van der Waals surface area contributed by atoms with E-state index in [0.717, 1.165) is 35.7 Å². The van der Waals surface area contributed by atoms with Gasteiger partial charge < -0.3 is 10.2 Å². The van der Waals surface area contributed by atoms with Gasteiger partial charge in [-0.2, -0.15) is 4.98 Å². The molecule has 4 rings (SSSR count). The van der Waals surface area contributed by atoms with Gasteiger partial charge in [-0.05, 0) is 39.7 Å². The van der Waals surface area contributed by atoms with E-state index in [1.165, 1.54) is 11.3 Å². The largest absolute Gasteiger partial charge is 0.311 e. The highest BCUT2D eigenvalue weighted by molar-refractivity contribution is 9.10. The third kappa shape index (κ3) is 2.30. The number of anilines is 2. The molecule has 0 unspecified atom stereocenters. The van der Waals surface area contributed by atoms with Crippen LogP contribution in [0.5, 0.6) is 0 Å². The van der Waals surface area contributed by atoms with E-state index in [1.807, 2.05) is 18.3 Å². The highest BCUT2D eigenvalue weighted by Gasteiger charge is 2.19. The van der Waals surface area contributed by atoms with Crippen LogP contribution in [0.3, 0.4) is 0 Å². The van der Waals surface area contributed by atoms with Gasteiger partial charge in [0.25, 0.3) is 0 Å². The average molecular weight is 344 g/mol. The lowest BCUT2D eigenvalue weighted by Crippen LogP contribution is -2.25. The zero-order valence-corrected chi connectivity index (χ0v) is 12.9. The highest BCUT2D eigenvalue weighted by atomic mass is 79.9. The van der Waals surface area contributed by atoms with Gasteiger partial charge in [-0.3, -0.25) is 0 Å². The summed E-state index contributed by atoms with van der Waals surface area (Å²) in [5.74, 6) is 0.740. The Kier molecular flexibility index (Phi) is 3.12. The lowest BCUT2D eigenvalue weighted by molar-refractivity contribution is 0.708. The molecule has 0 aliphatic carbocycles. The van der Waals surface area contributed by atoms with Gasteiger partial charge in [-0.25, -0.2) is 4.52 Å². The van der Waals surface area contributed by atoms with Crippen molar-refractivity contribution >= 4 is 33.2 Å².